The van der Waals surface area contributed by atoms with Crippen LogP contribution >= 0.6 is 0 Å². The number of piperazine rings is 1. The number of carbonyl (C=O) groups is 2. The first kappa shape index (κ1) is 28.9. The van der Waals surface area contributed by atoms with Crippen molar-refractivity contribution in [3.8, 4) is 16.9 Å². The highest BCUT2D eigenvalue weighted by Gasteiger charge is 2.27. The molecule has 1 aromatic carbocycles. The van der Waals surface area contributed by atoms with E-state index in [4.69, 9.17) is 9.72 Å². The highest BCUT2D eigenvalue weighted by atomic mass is 16.6. The van der Waals surface area contributed by atoms with Crippen molar-refractivity contribution >= 4 is 29.0 Å². The van der Waals surface area contributed by atoms with Crippen LogP contribution in [0.1, 0.15) is 42.6 Å². The Bertz CT molecular complexity index is 1810. The van der Waals surface area contributed by atoms with Crippen molar-refractivity contribution in [3.63, 3.8) is 0 Å². The number of amides is 2. The summed E-state index contributed by atoms with van der Waals surface area (Å²) in [4.78, 5) is 39.2. The minimum atomic E-state index is -0.539. The number of benzene rings is 1. The predicted octanol–water partition coefficient (Wildman–Crippen LogP) is 5.51. The van der Waals surface area contributed by atoms with Crippen LogP contribution in [0.5, 0.6) is 0 Å². The van der Waals surface area contributed by atoms with Gasteiger partial charge in [0.25, 0.3) is 5.91 Å². The first-order valence-corrected chi connectivity index (χ1v) is 14.7. The molecule has 5 aromatic rings. The van der Waals surface area contributed by atoms with Crippen LogP contribution in [0, 0.1) is 13.8 Å². The van der Waals surface area contributed by atoms with Crippen molar-refractivity contribution in [2.75, 3.05) is 36.4 Å². The van der Waals surface area contributed by atoms with Crippen LogP contribution in [-0.2, 0) is 4.74 Å². The van der Waals surface area contributed by atoms with Crippen molar-refractivity contribution < 1.29 is 14.3 Å². The van der Waals surface area contributed by atoms with Crippen LogP contribution in [0.2, 0.25) is 0 Å². The third kappa shape index (κ3) is 5.85. The maximum atomic E-state index is 13.5. The number of para-hydroxylation sites is 2. The molecule has 0 radical (unpaired) electrons. The average molecular weight is 593 g/mol. The van der Waals surface area contributed by atoms with E-state index in [0.29, 0.717) is 37.5 Å². The zero-order valence-electron chi connectivity index (χ0n) is 25.6. The molecule has 11 heteroatoms. The molecule has 1 aliphatic rings. The second-order valence-corrected chi connectivity index (χ2v) is 11.9. The van der Waals surface area contributed by atoms with Gasteiger partial charge in [0.05, 0.1) is 17.6 Å². The minimum Gasteiger partial charge on any atom is -0.444 e. The van der Waals surface area contributed by atoms with Crippen molar-refractivity contribution in [2.45, 2.75) is 40.2 Å². The van der Waals surface area contributed by atoms with E-state index in [1.54, 1.807) is 34.1 Å². The maximum absolute atomic E-state index is 13.5. The van der Waals surface area contributed by atoms with E-state index in [1.807, 2.05) is 57.2 Å². The largest absolute Gasteiger partial charge is 0.444 e. The van der Waals surface area contributed by atoms with Gasteiger partial charge >= 0.3 is 6.09 Å². The number of nitrogens with zero attached hydrogens (tertiary/aromatic N) is 7. The van der Waals surface area contributed by atoms with E-state index < -0.39 is 5.60 Å². The molecule has 11 nitrogen and oxygen atoms in total. The van der Waals surface area contributed by atoms with Gasteiger partial charge in [0.2, 0.25) is 0 Å². The first-order chi connectivity index (χ1) is 21.1. The molecular weight excluding hydrogens is 556 g/mol. The summed E-state index contributed by atoms with van der Waals surface area (Å²) in [7, 11) is 0. The van der Waals surface area contributed by atoms with Crippen LogP contribution in [0.3, 0.4) is 0 Å². The molecule has 1 saturated heterocycles. The molecule has 2 amide bonds. The summed E-state index contributed by atoms with van der Waals surface area (Å²) in [6.45, 7) is 12.0. The summed E-state index contributed by atoms with van der Waals surface area (Å²) in [6.07, 6.45) is 4.96. The maximum Gasteiger partial charge on any atom is 0.410 e. The third-order valence-electron chi connectivity index (χ3n) is 7.59. The Labute approximate surface area is 256 Å². The number of anilines is 2. The number of hydrogen-bond acceptors (Lipinski definition) is 7. The lowest BCUT2D eigenvalue weighted by Gasteiger charge is -2.37. The zero-order chi connectivity index (χ0) is 31.0. The van der Waals surface area contributed by atoms with Gasteiger partial charge < -0.3 is 24.4 Å². The fourth-order valence-electron chi connectivity index (χ4n) is 5.40. The summed E-state index contributed by atoms with van der Waals surface area (Å²) in [5, 5.41) is 7.48. The van der Waals surface area contributed by atoms with Crippen LogP contribution in [0.25, 0.3) is 22.6 Å². The summed E-state index contributed by atoms with van der Waals surface area (Å²) >= 11 is 0. The molecule has 1 N–H and O–H groups in total. The number of rotatable bonds is 5. The van der Waals surface area contributed by atoms with Crippen LogP contribution < -0.4 is 10.2 Å². The van der Waals surface area contributed by atoms with Gasteiger partial charge in [-0.05, 0) is 77.1 Å². The van der Waals surface area contributed by atoms with Gasteiger partial charge in [-0.2, -0.15) is 5.10 Å². The van der Waals surface area contributed by atoms with Gasteiger partial charge in [-0.3, -0.25) is 4.79 Å². The van der Waals surface area contributed by atoms with Gasteiger partial charge in [0.1, 0.15) is 17.1 Å². The summed E-state index contributed by atoms with van der Waals surface area (Å²) in [5.74, 6) is 0.509. The van der Waals surface area contributed by atoms with Crippen molar-refractivity contribution in [3.05, 3.63) is 90.3 Å². The van der Waals surface area contributed by atoms with E-state index in [1.165, 1.54) is 0 Å². The molecule has 0 unspecified atom stereocenters. The van der Waals surface area contributed by atoms with E-state index in [0.717, 1.165) is 34.0 Å². The number of aryl methyl sites for hydroxylation is 2. The fourth-order valence-corrected chi connectivity index (χ4v) is 5.40. The van der Waals surface area contributed by atoms with Gasteiger partial charge in [-0.15, -0.1) is 0 Å². The molecule has 5 heterocycles. The molecule has 226 valence electrons. The SMILES string of the molecule is Cc1ccc(C)n1-c1ccc(-c2cnn3ccc(C(=O)Nc4ccccc4N4CCN(C(=O)OC(C)(C)C)CC4)nc23)cn1. The quantitative estimate of drug-likeness (QED) is 0.287. The summed E-state index contributed by atoms with van der Waals surface area (Å²) in [5.41, 5.74) is 5.71. The van der Waals surface area contributed by atoms with E-state index in [-0.39, 0.29) is 17.7 Å². The number of fused-ring (bicyclic) bond motifs is 1. The van der Waals surface area contributed by atoms with E-state index in [9.17, 15) is 9.59 Å². The number of ether oxygens (including phenoxy) is 1. The fraction of sp³-hybridized carbons (Fsp3) is 0.303. The summed E-state index contributed by atoms with van der Waals surface area (Å²) < 4.78 is 9.28. The normalized spacial score (nSPS) is 13.8. The van der Waals surface area contributed by atoms with Gasteiger partial charge in [0, 0.05) is 61.1 Å². The molecule has 1 fully saturated rings. The lowest BCUT2D eigenvalue weighted by molar-refractivity contribution is 0.0240. The Morgan fingerprint density at radius 3 is 2.30 bits per heavy atom. The molecule has 4 aromatic heterocycles. The highest BCUT2D eigenvalue weighted by molar-refractivity contribution is 6.05. The van der Waals surface area contributed by atoms with Gasteiger partial charge in [-0.25, -0.2) is 19.3 Å². The predicted molar refractivity (Wildman–Crippen MR) is 169 cm³/mol. The summed E-state index contributed by atoms with van der Waals surface area (Å²) in [6, 6.07) is 17.4. The molecular formula is C33H36N8O3. The molecule has 0 spiro atoms. The molecule has 1 aliphatic heterocycles. The van der Waals surface area contributed by atoms with Gasteiger partial charge in [-0.1, -0.05) is 12.1 Å². The third-order valence-corrected chi connectivity index (χ3v) is 7.59. The standard InChI is InChI=1S/C33H36N8O3/c1-22-10-11-23(2)41(22)29-13-12-24(20-34-29)25-21-35-40-15-14-27(36-30(25)40)31(42)37-26-8-6-7-9-28(26)38-16-18-39(19-17-38)32(43)44-33(3,4)5/h6-15,20-21H,16-19H2,1-5H3,(H,37,42). The highest BCUT2D eigenvalue weighted by Crippen LogP contribution is 2.28. The van der Waals surface area contributed by atoms with Crippen molar-refractivity contribution in [1.29, 1.82) is 0 Å². The number of nitrogens with one attached hydrogen (secondary N) is 1. The molecule has 6 rings (SSSR count). The molecule has 0 saturated carbocycles. The number of carbonyl (C=O) groups excluding carboxylic acids is 2. The van der Waals surface area contributed by atoms with Crippen LogP contribution in [0.4, 0.5) is 16.2 Å². The van der Waals surface area contributed by atoms with Gasteiger partial charge in [0.15, 0.2) is 5.65 Å². The minimum absolute atomic E-state index is 0.270. The molecule has 0 bridgehead atoms. The number of pyridine rings is 1. The van der Waals surface area contributed by atoms with E-state index >= 15 is 0 Å². The van der Waals surface area contributed by atoms with Crippen molar-refractivity contribution in [2.24, 2.45) is 0 Å². The first-order valence-electron chi connectivity index (χ1n) is 14.7. The van der Waals surface area contributed by atoms with Crippen LogP contribution in [0.15, 0.2) is 73.2 Å². The van der Waals surface area contributed by atoms with E-state index in [2.05, 4.69) is 50.8 Å². The second-order valence-electron chi connectivity index (χ2n) is 11.9. The topological polar surface area (TPSA) is 110 Å². The lowest BCUT2D eigenvalue weighted by Crippen LogP contribution is -2.50. The smallest absolute Gasteiger partial charge is 0.410 e. The molecule has 0 atom stereocenters. The molecule has 44 heavy (non-hydrogen) atoms. The molecule has 0 aliphatic carbocycles. The zero-order valence-corrected chi connectivity index (χ0v) is 25.6. The van der Waals surface area contributed by atoms with Crippen LogP contribution in [-0.4, -0.2) is 72.8 Å². The second kappa shape index (κ2) is 11.5. The monoisotopic (exact) mass is 592 g/mol. The lowest BCUT2D eigenvalue weighted by atomic mass is 10.1. The Kier molecular flexibility index (Phi) is 7.54. The Hall–Kier alpha value is -5.19. The Balaban J connectivity index is 1.19. The average Bonchev–Trinajstić information content (AvgIpc) is 3.58. The Morgan fingerprint density at radius 1 is 0.886 bits per heavy atom. The Morgan fingerprint density at radius 2 is 1.61 bits per heavy atom. The number of aromatic nitrogens is 5. The number of hydrogen-bond donors (Lipinski definition) is 1. The van der Waals surface area contributed by atoms with Crippen molar-refractivity contribution in [1.82, 2.24) is 29.0 Å².